The Balaban J connectivity index is 2.97. The Bertz CT molecular complexity index is 342. The molecule has 1 rings (SSSR count). The van der Waals surface area contributed by atoms with Gasteiger partial charge in [0, 0.05) is 12.1 Å². The Kier molecular flexibility index (Phi) is 4.50. The number of halogens is 1. The molecule has 0 aliphatic rings. The molecule has 0 fully saturated rings. The van der Waals surface area contributed by atoms with E-state index < -0.39 is 0 Å². The van der Waals surface area contributed by atoms with E-state index in [2.05, 4.69) is 19.2 Å². The van der Waals surface area contributed by atoms with Crippen molar-refractivity contribution in [3.05, 3.63) is 41.2 Å². The fourth-order valence-corrected chi connectivity index (χ4v) is 1.42. The zero-order valence-corrected chi connectivity index (χ0v) is 9.55. The van der Waals surface area contributed by atoms with E-state index >= 15 is 0 Å². The minimum atomic E-state index is -0.160. The topological polar surface area (TPSA) is 12.0 Å². The molecule has 0 atom stereocenters. The average molecular weight is 207 g/mol. The lowest BCUT2D eigenvalue weighted by Crippen LogP contribution is -2.13. The molecule has 1 aromatic carbocycles. The third-order valence-electron chi connectivity index (χ3n) is 2.37. The SMILES string of the molecule is CNCC(=Cc1ccccc1F)C(C)C. The molecule has 0 radical (unpaired) electrons. The first-order valence-electron chi connectivity index (χ1n) is 5.24. The zero-order chi connectivity index (χ0) is 11.3. The Morgan fingerprint density at radius 3 is 2.60 bits per heavy atom. The van der Waals surface area contributed by atoms with Gasteiger partial charge in [-0.1, -0.05) is 43.7 Å². The predicted octanol–water partition coefficient (Wildman–Crippen LogP) is 3.08. The molecule has 2 heteroatoms. The smallest absolute Gasteiger partial charge is 0.130 e. The first-order chi connectivity index (χ1) is 7.15. The summed E-state index contributed by atoms with van der Waals surface area (Å²) in [4.78, 5) is 0. The molecule has 0 aliphatic heterocycles. The number of likely N-dealkylation sites (N-methyl/N-ethyl adjacent to an activating group) is 1. The van der Waals surface area contributed by atoms with Crippen LogP contribution in [0.1, 0.15) is 19.4 Å². The van der Waals surface area contributed by atoms with Crippen molar-refractivity contribution in [2.24, 2.45) is 5.92 Å². The van der Waals surface area contributed by atoms with Crippen molar-refractivity contribution in [2.45, 2.75) is 13.8 Å². The molecule has 0 unspecified atom stereocenters. The summed E-state index contributed by atoms with van der Waals surface area (Å²) in [5.74, 6) is 0.267. The summed E-state index contributed by atoms with van der Waals surface area (Å²) in [6.07, 6.45) is 1.93. The molecule has 0 aromatic heterocycles. The second-order valence-electron chi connectivity index (χ2n) is 3.93. The molecule has 0 heterocycles. The van der Waals surface area contributed by atoms with Crippen LogP contribution in [0.4, 0.5) is 4.39 Å². The highest BCUT2D eigenvalue weighted by Gasteiger charge is 2.04. The molecule has 0 saturated carbocycles. The summed E-state index contributed by atoms with van der Waals surface area (Å²) in [5, 5.41) is 3.10. The van der Waals surface area contributed by atoms with Crippen LogP contribution in [0.15, 0.2) is 29.8 Å². The quantitative estimate of drug-likeness (QED) is 0.800. The standard InChI is InChI=1S/C13H18FN/c1-10(2)12(9-15-3)8-11-6-4-5-7-13(11)14/h4-8,10,15H,9H2,1-3H3. The molecule has 0 spiro atoms. The third-order valence-corrected chi connectivity index (χ3v) is 2.37. The van der Waals surface area contributed by atoms with Crippen LogP contribution < -0.4 is 5.32 Å². The van der Waals surface area contributed by atoms with Crippen molar-refractivity contribution in [1.82, 2.24) is 5.32 Å². The highest BCUT2D eigenvalue weighted by Crippen LogP contribution is 2.16. The predicted molar refractivity (Wildman–Crippen MR) is 63.1 cm³/mol. The molecule has 1 N–H and O–H groups in total. The summed E-state index contributed by atoms with van der Waals surface area (Å²) < 4.78 is 13.4. The number of nitrogens with one attached hydrogen (secondary N) is 1. The molecule has 1 aromatic rings. The summed E-state index contributed by atoms with van der Waals surface area (Å²) in [6, 6.07) is 6.85. The van der Waals surface area contributed by atoms with Crippen LogP contribution in [0.3, 0.4) is 0 Å². The Labute approximate surface area is 91.0 Å². The van der Waals surface area contributed by atoms with Crippen molar-refractivity contribution < 1.29 is 4.39 Å². The zero-order valence-electron chi connectivity index (χ0n) is 9.55. The minimum Gasteiger partial charge on any atom is -0.316 e. The molecule has 0 amide bonds. The first kappa shape index (κ1) is 11.9. The van der Waals surface area contributed by atoms with E-state index in [4.69, 9.17) is 0 Å². The second-order valence-corrected chi connectivity index (χ2v) is 3.93. The molecule has 15 heavy (non-hydrogen) atoms. The van der Waals surface area contributed by atoms with Crippen LogP contribution in [-0.2, 0) is 0 Å². The highest BCUT2D eigenvalue weighted by atomic mass is 19.1. The molecule has 0 saturated heterocycles. The van der Waals surface area contributed by atoms with Gasteiger partial charge in [0.15, 0.2) is 0 Å². The first-order valence-corrected chi connectivity index (χ1v) is 5.24. The number of hydrogen-bond acceptors (Lipinski definition) is 1. The van der Waals surface area contributed by atoms with Crippen molar-refractivity contribution in [2.75, 3.05) is 13.6 Å². The molecule has 0 aliphatic carbocycles. The van der Waals surface area contributed by atoms with Gasteiger partial charge in [-0.05, 0) is 19.0 Å². The van der Waals surface area contributed by atoms with Gasteiger partial charge in [-0.3, -0.25) is 0 Å². The maximum atomic E-state index is 13.4. The summed E-state index contributed by atoms with van der Waals surface area (Å²) >= 11 is 0. The lowest BCUT2D eigenvalue weighted by molar-refractivity contribution is 0.624. The van der Waals surface area contributed by atoms with Gasteiger partial charge >= 0.3 is 0 Å². The van der Waals surface area contributed by atoms with E-state index in [0.29, 0.717) is 11.5 Å². The van der Waals surface area contributed by atoms with Gasteiger partial charge in [-0.25, -0.2) is 4.39 Å². The van der Waals surface area contributed by atoms with E-state index in [0.717, 1.165) is 6.54 Å². The monoisotopic (exact) mass is 207 g/mol. The van der Waals surface area contributed by atoms with Gasteiger partial charge in [-0.2, -0.15) is 0 Å². The van der Waals surface area contributed by atoms with Crippen LogP contribution in [0.5, 0.6) is 0 Å². The summed E-state index contributed by atoms with van der Waals surface area (Å²) in [7, 11) is 1.90. The number of rotatable bonds is 4. The van der Waals surface area contributed by atoms with Crippen LogP contribution in [0, 0.1) is 11.7 Å². The van der Waals surface area contributed by atoms with Gasteiger partial charge in [0.1, 0.15) is 5.82 Å². The van der Waals surface area contributed by atoms with Crippen LogP contribution >= 0.6 is 0 Å². The van der Waals surface area contributed by atoms with E-state index in [1.807, 2.05) is 19.2 Å². The maximum absolute atomic E-state index is 13.4. The Morgan fingerprint density at radius 1 is 1.40 bits per heavy atom. The van der Waals surface area contributed by atoms with E-state index in [-0.39, 0.29) is 5.82 Å². The van der Waals surface area contributed by atoms with E-state index in [9.17, 15) is 4.39 Å². The summed E-state index contributed by atoms with van der Waals surface area (Å²) in [6.45, 7) is 5.03. The molecule has 82 valence electrons. The largest absolute Gasteiger partial charge is 0.316 e. The fraction of sp³-hybridized carbons (Fsp3) is 0.385. The fourth-order valence-electron chi connectivity index (χ4n) is 1.42. The molecular formula is C13H18FN. The normalized spacial score (nSPS) is 12.2. The third kappa shape index (κ3) is 3.48. The van der Waals surface area contributed by atoms with Gasteiger partial charge in [-0.15, -0.1) is 0 Å². The second kappa shape index (κ2) is 5.66. The Morgan fingerprint density at radius 2 is 2.07 bits per heavy atom. The van der Waals surface area contributed by atoms with Gasteiger partial charge < -0.3 is 5.32 Å². The number of hydrogen-bond donors (Lipinski definition) is 1. The van der Waals surface area contributed by atoms with Crippen LogP contribution in [0.2, 0.25) is 0 Å². The Hall–Kier alpha value is -1.15. The van der Waals surface area contributed by atoms with Gasteiger partial charge in [0.25, 0.3) is 0 Å². The minimum absolute atomic E-state index is 0.160. The average Bonchev–Trinajstić information content (AvgIpc) is 2.20. The maximum Gasteiger partial charge on any atom is 0.130 e. The van der Waals surface area contributed by atoms with E-state index in [1.165, 1.54) is 11.6 Å². The molecule has 0 bridgehead atoms. The molecule has 1 nitrogen and oxygen atoms in total. The van der Waals surface area contributed by atoms with Crippen molar-refractivity contribution in [3.63, 3.8) is 0 Å². The van der Waals surface area contributed by atoms with Crippen molar-refractivity contribution >= 4 is 6.08 Å². The van der Waals surface area contributed by atoms with Gasteiger partial charge in [0.2, 0.25) is 0 Å². The summed E-state index contributed by atoms with van der Waals surface area (Å²) in [5.41, 5.74) is 1.87. The van der Waals surface area contributed by atoms with Crippen molar-refractivity contribution in [1.29, 1.82) is 0 Å². The lowest BCUT2D eigenvalue weighted by Gasteiger charge is -2.11. The van der Waals surface area contributed by atoms with Crippen LogP contribution in [-0.4, -0.2) is 13.6 Å². The van der Waals surface area contributed by atoms with E-state index in [1.54, 1.807) is 12.1 Å². The highest BCUT2D eigenvalue weighted by molar-refractivity contribution is 5.54. The van der Waals surface area contributed by atoms with Crippen molar-refractivity contribution in [3.8, 4) is 0 Å². The lowest BCUT2D eigenvalue weighted by atomic mass is 10.00. The molecular weight excluding hydrogens is 189 g/mol. The van der Waals surface area contributed by atoms with Crippen LogP contribution in [0.25, 0.3) is 6.08 Å². The number of benzene rings is 1. The van der Waals surface area contributed by atoms with Gasteiger partial charge in [0.05, 0.1) is 0 Å².